The van der Waals surface area contributed by atoms with Gasteiger partial charge in [0.05, 0.1) is 5.69 Å². The van der Waals surface area contributed by atoms with Crippen LogP contribution in [0.4, 0.5) is 0 Å². The Bertz CT molecular complexity index is 380. The first-order chi connectivity index (χ1) is 7.04. The highest BCUT2D eigenvalue weighted by Gasteiger charge is 2.05. The van der Waals surface area contributed by atoms with Crippen molar-refractivity contribution in [3.63, 3.8) is 0 Å². The minimum absolute atomic E-state index is 0.619. The van der Waals surface area contributed by atoms with Gasteiger partial charge < -0.3 is 0 Å². The van der Waals surface area contributed by atoms with Gasteiger partial charge in [0.15, 0.2) is 0 Å². The monoisotopic (exact) mass is 265 g/mol. The molecule has 80 valence electrons. The Kier molecular flexibility index (Phi) is 4.28. The smallest absolute Gasteiger partial charge is 0.0710 e. The van der Waals surface area contributed by atoms with Crippen LogP contribution in [0, 0.1) is 5.92 Å². The van der Waals surface area contributed by atoms with Crippen LogP contribution >= 0.6 is 15.9 Å². The van der Waals surface area contributed by atoms with Crippen LogP contribution in [-0.4, -0.2) is 4.98 Å². The van der Waals surface area contributed by atoms with Crippen molar-refractivity contribution in [1.29, 1.82) is 0 Å². The number of pyridine rings is 1. The zero-order valence-corrected chi connectivity index (χ0v) is 10.8. The highest BCUT2D eigenvalue weighted by molar-refractivity contribution is 9.15. The maximum atomic E-state index is 4.54. The molecule has 2 heteroatoms. The van der Waals surface area contributed by atoms with Crippen LogP contribution < -0.4 is 0 Å². The van der Waals surface area contributed by atoms with Gasteiger partial charge in [-0.15, -0.1) is 0 Å². The lowest BCUT2D eigenvalue weighted by Crippen LogP contribution is -2.00. The number of halogens is 1. The van der Waals surface area contributed by atoms with Gasteiger partial charge in [0.25, 0.3) is 0 Å². The molecule has 0 amide bonds. The summed E-state index contributed by atoms with van der Waals surface area (Å²) in [5.41, 5.74) is 3.02. The molecule has 0 bridgehead atoms. The Morgan fingerprint density at radius 3 is 2.67 bits per heavy atom. The zero-order chi connectivity index (χ0) is 11.4. The molecule has 1 rings (SSSR count). The van der Waals surface area contributed by atoms with E-state index in [9.17, 15) is 0 Å². The molecule has 0 saturated heterocycles. The lowest BCUT2D eigenvalue weighted by molar-refractivity contribution is 0.635. The molecule has 0 spiro atoms. The molecular weight excluding hydrogens is 250 g/mol. The van der Waals surface area contributed by atoms with Gasteiger partial charge in [0, 0.05) is 15.7 Å². The van der Waals surface area contributed by atoms with Crippen LogP contribution in [0.3, 0.4) is 0 Å². The van der Waals surface area contributed by atoms with Crippen molar-refractivity contribution in [3.8, 4) is 0 Å². The standard InChI is InChI=1S/C13H16BrN/c1-5-13-12(10(4)14)7-6-11(15-13)8-9(2)3/h5-7,9H,1,4,8H2,2-3H3. The summed E-state index contributed by atoms with van der Waals surface area (Å²) in [6.07, 6.45) is 2.77. The normalized spacial score (nSPS) is 10.4. The van der Waals surface area contributed by atoms with Crippen molar-refractivity contribution in [2.24, 2.45) is 5.92 Å². The first-order valence-electron chi connectivity index (χ1n) is 5.01. The predicted octanol–water partition coefficient (Wildman–Crippen LogP) is 4.29. The summed E-state index contributed by atoms with van der Waals surface area (Å²) in [6.45, 7) is 12.0. The van der Waals surface area contributed by atoms with E-state index in [0.717, 1.165) is 27.9 Å². The Labute approximate surface area is 100 Å². The molecule has 0 unspecified atom stereocenters. The van der Waals surface area contributed by atoms with Gasteiger partial charge in [0.2, 0.25) is 0 Å². The fraction of sp³-hybridized carbons (Fsp3) is 0.308. The van der Waals surface area contributed by atoms with Crippen molar-refractivity contribution >= 4 is 26.5 Å². The van der Waals surface area contributed by atoms with Crippen LogP contribution in [0.5, 0.6) is 0 Å². The molecule has 1 heterocycles. The minimum Gasteiger partial charge on any atom is -0.253 e. The Morgan fingerprint density at radius 1 is 1.53 bits per heavy atom. The minimum atomic E-state index is 0.619. The second kappa shape index (κ2) is 5.26. The fourth-order valence-corrected chi connectivity index (χ4v) is 1.77. The lowest BCUT2D eigenvalue weighted by Gasteiger charge is -2.08. The van der Waals surface area contributed by atoms with Gasteiger partial charge in [-0.3, -0.25) is 4.98 Å². The summed E-state index contributed by atoms with van der Waals surface area (Å²) in [5, 5.41) is 0. The predicted molar refractivity (Wildman–Crippen MR) is 70.8 cm³/mol. The van der Waals surface area contributed by atoms with Crippen molar-refractivity contribution in [2.45, 2.75) is 20.3 Å². The quantitative estimate of drug-likeness (QED) is 0.792. The van der Waals surface area contributed by atoms with Gasteiger partial charge in [-0.05, 0) is 30.5 Å². The van der Waals surface area contributed by atoms with Crippen LogP contribution in [0.1, 0.15) is 30.8 Å². The summed E-state index contributed by atoms with van der Waals surface area (Å²) in [5.74, 6) is 0.619. The number of aromatic nitrogens is 1. The molecule has 0 aromatic carbocycles. The number of nitrogens with zero attached hydrogens (tertiary/aromatic N) is 1. The van der Waals surface area contributed by atoms with Crippen molar-refractivity contribution < 1.29 is 0 Å². The topological polar surface area (TPSA) is 12.9 Å². The third-order valence-electron chi connectivity index (χ3n) is 2.09. The maximum Gasteiger partial charge on any atom is 0.0710 e. The molecule has 0 saturated carbocycles. The van der Waals surface area contributed by atoms with Gasteiger partial charge >= 0.3 is 0 Å². The second-order valence-electron chi connectivity index (χ2n) is 3.94. The van der Waals surface area contributed by atoms with E-state index < -0.39 is 0 Å². The molecule has 0 fully saturated rings. The summed E-state index contributed by atoms with van der Waals surface area (Å²) >= 11 is 3.37. The summed E-state index contributed by atoms with van der Waals surface area (Å²) in [4.78, 5) is 4.54. The fourth-order valence-electron chi connectivity index (χ4n) is 1.43. The van der Waals surface area contributed by atoms with Crippen LogP contribution in [0.15, 0.2) is 25.3 Å². The largest absolute Gasteiger partial charge is 0.253 e. The van der Waals surface area contributed by atoms with Crippen molar-refractivity contribution in [1.82, 2.24) is 4.98 Å². The Balaban J connectivity index is 3.07. The highest BCUT2D eigenvalue weighted by atomic mass is 79.9. The summed E-state index contributed by atoms with van der Waals surface area (Å²) < 4.78 is 0.848. The molecule has 0 atom stereocenters. The van der Waals surface area contributed by atoms with Crippen LogP contribution in [-0.2, 0) is 6.42 Å². The van der Waals surface area contributed by atoms with E-state index in [1.165, 1.54) is 0 Å². The first-order valence-corrected chi connectivity index (χ1v) is 5.81. The SMILES string of the molecule is C=Cc1nc(CC(C)C)ccc1C(=C)Br. The highest BCUT2D eigenvalue weighted by Crippen LogP contribution is 2.23. The van der Waals surface area contributed by atoms with Gasteiger partial charge in [-0.25, -0.2) is 0 Å². The zero-order valence-electron chi connectivity index (χ0n) is 9.26. The molecular formula is C13H16BrN. The average Bonchev–Trinajstić information content (AvgIpc) is 2.16. The molecule has 1 nitrogen and oxygen atoms in total. The van der Waals surface area contributed by atoms with E-state index in [2.05, 4.69) is 54.0 Å². The van der Waals surface area contributed by atoms with Gasteiger partial charge in [-0.2, -0.15) is 0 Å². The summed E-state index contributed by atoms with van der Waals surface area (Å²) in [7, 11) is 0. The lowest BCUT2D eigenvalue weighted by atomic mass is 10.1. The van der Waals surface area contributed by atoms with Crippen molar-refractivity contribution in [3.05, 3.63) is 42.2 Å². The molecule has 0 aliphatic heterocycles. The van der Waals surface area contributed by atoms with E-state index in [4.69, 9.17) is 0 Å². The number of hydrogen-bond acceptors (Lipinski definition) is 1. The van der Waals surface area contributed by atoms with Gasteiger partial charge in [-0.1, -0.05) is 42.9 Å². The Morgan fingerprint density at radius 2 is 2.20 bits per heavy atom. The van der Waals surface area contributed by atoms with E-state index in [1.54, 1.807) is 6.08 Å². The number of rotatable bonds is 4. The molecule has 1 aromatic rings. The van der Waals surface area contributed by atoms with E-state index in [-0.39, 0.29) is 0 Å². The Hall–Kier alpha value is -0.890. The average molecular weight is 266 g/mol. The second-order valence-corrected chi connectivity index (χ2v) is 4.90. The van der Waals surface area contributed by atoms with E-state index in [0.29, 0.717) is 5.92 Å². The van der Waals surface area contributed by atoms with E-state index >= 15 is 0 Å². The van der Waals surface area contributed by atoms with Crippen LogP contribution in [0.2, 0.25) is 0 Å². The number of hydrogen-bond donors (Lipinski definition) is 0. The molecule has 1 aromatic heterocycles. The third kappa shape index (κ3) is 3.31. The van der Waals surface area contributed by atoms with Crippen LogP contribution in [0.25, 0.3) is 10.6 Å². The molecule has 0 aliphatic carbocycles. The first kappa shape index (κ1) is 12.2. The third-order valence-corrected chi connectivity index (χ3v) is 2.51. The van der Waals surface area contributed by atoms with E-state index in [1.807, 2.05) is 6.07 Å². The molecule has 0 aliphatic rings. The molecule has 0 radical (unpaired) electrons. The molecule has 0 N–H and O–H groups in total. The summed E-state index contributed by atoms with van der Waals surface area (Å²) in [6, 6.07) is 4.09. The maximum absolute atomic E-state index is 4.54. The van der Waals surface area contributed by atoms with Gasteiger partial charge in [0.1, 0.15) is 0 Å². The molecule has 15 heavy (non-hydrogen) atoms. The van der Waals surface area contributed by atoms with Crippen molar-refractivity contribution in [2.75, 3.05) is 0 Å².